The number of alkyl halides is 9. The van der Waals surface area contributed by atoms with Crippen molar-refractivity contribution in [3.05, 3.63) is 0 Å². The van der Waals surface area contributed by atoms with E-state index in [2.05, 4.69) is 48.5 Å². The molecule has 65 heavy (non-hydrogen) atoms. The smallest absolute Gasteiger partial charge is 0.171 e. The van der Waals surface area contributed by atoms with E-state index in [9.17, 15) is 39.5 Å². The lowest BCUT2D eigenvalue weighted by atomic mass is 9.91. The second-order valence-corrected chi connectivity index (χ2v) is 19.2. The van der Waals surface area contributed by atoms with Crippen LogP contribution in [0.1, 0.15) is 312 Å². The molecule has 9 heteroatoms. The number of unbranched alkanes of at least 4 members (excludes halogenated alkanes) is 1. The van der Waals surface area contributed by atoms with Gasteiger partial charge in [0.05, 0.1) is 0 Å². The summed E-state index contributed by atoms with van der Waals surface area (Å²) in [4.78, 5) is 0. The minimum atomic E-state index is -4.00. The van der Waals surface area contributed by atoms with Gasteiger partial charge in [-0.2, -0.15) is 39.5 Å². The van der Waals surface area contributed by atoms with Crippen LogP contribution in [0.5, 0.6) is 0 Å². The molecule has 0 aromatic rings. The summed E-state index contributed by atoms with van der Waals surface area (Å²) in [6.07, 6.45) is 1.35. The average Bonchev–Trinajstić information content (AvgIpc) is 3.57. The number of hydrogen-bond donors (Lipinski definition) is 0. The molecule has 410 valence electrons. The molecule has 0 saturated heterocycles. The molecule has 0 aromatic heterocycles. The highest BCUT2D eigenvalue weighted by Gasteiger charge is 2.32. The van der Waals surface area contributed by atoms with E-state index in [0.717, 1.165) is 45.4 Å². The molecule has 0 heterocycles. The Kier molecular flexibility index (Phi) is 64.8. The van der Waals surface area contributed by atoms with Gasteiger partial charge in [-0.05, 0) is 40.9 Å². The lowest BCUT2D eigenvalue weighted by Crippen LogP contribution is -2.15. The van der Waals surface area contributed by atoms with Crippen molar-refractivity contribution in [2.75, 3.05) is 0 Å². The predicted molar refractivity (Wildman–Crippen MR) is 280 cm³/mol. The van der Waals surface area contributed by atoms with Crippen LogP contribution in [0.25, 0.3) is 0 Å². The van der Waals surface area contributed by atoms with Crippen molar-refractivity contribution in [3.63, 3.8) is 0 Å². The van der Waals surface area contributed by atoms with Gasteiger partial charge in [0.15, 0.2) is 0 Å². The molecule has 0 unspecified atom stereocenters. The number of halogens is 9. The van der Waals surface area contributed by atoms with Crippen molar-refractivity contribution in [2.45, 2.75) is 320 Å². The summed E-state index contributed by atoms with van der Waals surface area (Å²) in [5.41, 5.74) is -0.229. The normalized spacial score (nSPS) is 17.5. The van der Waals surface area contributed by atoms with Crippen molar-refractivity contribution in [1.82, 2.24) is 0 Å². The van der Waals surface area contributed by atoms with Gasteiger partial charge in [-0.1, -0.05) is 289 Å². The number of hydrogen-bond acceptors (Lipinski definition) is 0. The Morgan fingerprint density at radius 2 is 0.692 bits per heavy atom. The summed E-state index contributed by atoms with van der Waals surface area (Å²) < 4.78 is 153. The molecule has 2 fully saturated rings. The molecule has 0 amide bonds. The minimum absolute atomic E-state index is 0.0556. The molecule has 2 saturated carbocycles. The highest BCUT2D eigenvalue weighted by Crippen LogP contribution is 2.27. The summed E-state index contributed by atoms with van der Waals surface area (Å²) in [6.45, 7) is 48.4. The Labute approximate surface area is 415 Å². The molecule has 0 N–H and O–H groups in total. The minimum Gasteiger partial charge on any atom is -0.171 e. The van der Waals surface area contributed by atoms with Crippen molar-refractivity contribution < 1.29 is 49.1 Å². The van der Waals surface area contributed by atoms with E-state index in [1.807, 2.05) is 76.2 Å². The lowest BCUT2D eigenvalue weighted by Gasteiger charge is -2.15. The standard InChI is InChI=1S/C7H14.2C6H11F3.C6H12.C6H14.C4H7F3.4C4H10.C3H8.C2H6/c1-7-5-3-2-4-6-7;2*1-3-5(2)4-6(7,8)9;1-6-4-2-3-5-6;1-5-6(2,3)4;1-3(2)4(5,6)7;2*1-4(2)3;2*1-3-4-2;1-3-2;1-2/h7H,2-6H2,1H3;2*5H,3-4H2,1-2H3;6H,2-5H2,1H3;5H2,1-4H3;3H,1-2H3;2*4H,1-3H3;2*3-4H2,1-2H3;3H2,1-2H3;1-2H3/t;2*5-;;;;;;;;;/m.00........./s1/i7D;;;6D;5D2;;4D;;3D2;;;. The van der Waals surface area contributed by atoms with Crippen LogP contribution in [0.4, 0.5) is 39.5 Å². The monoisotopic (exact) mass is 974 g/mol. The van der Waals surface area contributed by atoms with Crippen LogP contribution < -0.4 is 0 Å². The first-order valence-corrected chi connectivity index (χ1v) is 25.3. The molecular formula is C56H123F9. The van der Waals surface area contributed by atoms with Gasteiger partial charge in [-0.3, -0.25) is 0 Å². The Morgan fingerprint density at radius 1 is 0.508 bits per heavy atom. The Morgan fingerprint density at radius 3 is 0.754 bits per heavy atom. The zero-order chi connectivity index (χ0) is 60.8. The second-order valence-electron chi connectivity index (χ2n) is 19.2. The van der Waals surface area contributed by atoms with Gasteiger partial charge < -0.3 is 0 Å². The molecule has 0 spiro atoms. The third kappa shape index (κ3) is 154. The van der Waals surface area contributed by atoms with Crippen LogP contribution in [-0.2, 0) is 0 Å². The lowest BCUT2D eigenvalue weighted by molar-refractivity contribution is -0.164. The molecule has 2 rings (SSSR count). The van der Waals surface area contributed by atoms with E-state index in [-0.39, 0.29) is 34.9 Å². The van der Waals surface area contributed by atoms with Crippen LogP contribution in [0.15, 0.2) is 0 Å². The summed E-state index contributed by atoms with van der Waals surface area (Å²) in [7, 11) is 0. The van der Waals surface area contributed by atoms with Crippen molar-refractivity contribution in [1.29, 1.82) is 0 Å². The van der Waals surface area contributed by atoms with Crippen molar-refractivity contribution in [3.8, 4) is 0 Å². The van der Waals surface area contributed by atoms with E-state index in [0.29, 0.717) is 19.3 Å². The average molecular weight is 975 g/mol. The van der Waals surface area contributed by atoms with E-state index in [1.165, 1.54) is 51.4 Å². The van der Waals surface area contributed by atoms with Crippen molar-refractivity contribution in [2.24, 2.45) is 46.8 Å². The molecule has 0 aromatic carbocycles. The van der Waals surface area contributed by atoms with E-state index < -0.39 is 50.0 Å². The van der Waals surface area contributed by atoms with Gasteiger partial charge in [-0.25, -0.2) is 0 Å². The van der Waals surface area contributed by atoms with Gasteiger partial charge in [0.1, 0.15) is 0 Å². The van der Waals surface area contributed by atoms with E-state index in [4.69, 9.17) is 9.60 Å². The first kappa shape index (κ1) is 68.6. The molecule has 2 aliphatic carbocycles. The van der Waals surface area contributed by atoms with Crippen LogP contribution in [0.2, 0.25) is 0 Å². The van der Waals surface area contributed by atoms with Crippen molar-refractivity contribution >= 4 is 0 Å². The van der Waals surface area contributed by atoms with Gasteiger partial charge in [0.25, 0.3) is 0 Å². The summed E-state index contributed by atoms with van der Waals surface area (Å²) in [5, 5.41) is 0. The molecule has 0 bridgehead atoms. The molecule has 0 aliphatic heterocycles. The van der Waals surface area contributed by atoms with E-state index >= 15 is 0 Å². The van der Waals surface area contributed by atoms with Gasteiger partial charge >= 0.3 is 18.5 Å². The first-order valence-electron chi connectivity index (χ1n) is 28.8. The molecule has 0 nitrogen and oxygen atoms in total. The zero-order valence-corrected chi connectivity index (χ0v) is 48.2. The Bertz CT molecular complexity index is 987. The summed E-state index contributed by atoms with van der Waals surface area (Å²) in [5.74, 6) is -1.21. The first-order chi connectivity index (χ1) is 31.6. The maximum atomic E-state index is 11.5. The van der Waals surface area contributed by atoms with Crippen LogP contribution >= 0.6 is 0 Å². The predicted octanol–water partition coefficient (Wildman–Crippen LogP) is 24.8. The second kappa shape index (κ2) is 61.4. The van der Waals surface area contributed by atoms with Crippen LogP contribution in [0, 0.1) is 46.8 Å². The Balaban J connectivity index is -0.0000000740. The van der Waals surface area contributed by atoms with Crippen LogP contribution in [-0.4, -0.2) is 18.5 Å². The van der Waals surface area contributed by atoms with Gasteiger partial charge in [-0.15, -0.1) is 0 Å². The largest absolute Gasteiger partial charge is 0.391 e. The highest BCUT2D eigenvalue weighted by molar-refractivity contribution is 4.61. The quantitative estimate of drug-likeness (QED) is 0.233. The highest BCUT2D eigenvalue weighted by atomic mass is 19.4. The third-order valence-electron chi connectivity index (χ3n) is 7.98. The van der Waals surface area contributed by atoms with Crippen LogP contribution in [0.3, 0.4) is 0 Å². The third-order valence-corrected chi connectivity index (χ3v) is 7.98. The topological polar surface area (TPSA) is 0 Å². The maximum Gasteiger partial charge on any atom is 0.391 e. The fraction of sp³-hybridized carbons (Fsp3) is 1.00. The molecule has 0 radical (unpaired) electrons. The molecular weight excluding hydrogens is 844 g/mol. The van der Waals surface area contributed by atoms with E-state index in [1.54, 1.807) is 41.5 Å². The SMILES string of the molecule is CC.CC(C)C.CC(C)C(F)(F)F.CCC.CCCC.CC[C@H](C)CC(F)(F)F.CC[C@H](C)CC(F)(F)F.[2H]C(C)(C)C.[2H]C([2H])(C)C(C)(C)C.[2H]C([2H])(C)CC.[2H]C1(C)CCCC1.[2H]C1(C)CCCCC1. The van der Waals surface area contributed by atoms with Gasteiger partial charge in [0.2, 0.25) is 0 Å². The fourth-order valence-corrected chi connectivity index (χ4v) is 3.21. The molecule has 2 aliphatic rings. The summed E-state index contributed by atoms with van der Waals surface area (Å²) in [6, 6.07) is 0. The molecule has 2 atom stereocenters. The summed E-state index contributed by atoms with van der Waals surface area (Å²) >= 11 is 0. The fourth-order valence-electron chi connectivity index (χ4n) is 3.21. The number of rotatable bonds is 6. The maximum absolute atomic E-state index is 11.5. The Hall–Kier alpha value is -0.630. The van der Waals surface area contributed by atoms with Gasteiger partial charge in [0, 0.05) is 28.4 Å². The zero-order valence-electron chi connectivity index (χ0n) is 55.2.